The molecule has 2 amide bonds. The van der Waals surface area contributed by atoms with Crippen molar-refractivity contribution in [3.63, 3.8) is 0 Å². The lowest BCUT2D eigenvalue weighted by atomic mass is 9.99. The molecule has 1 aliphatic heterocycles. The van der Waals surface area contributed by atoms with Crippen molar-refractivity contribution >= 4 is 11.8 Å². The minimum absolute atomic E-state index is 0.0224. The molecule has 1 N–H and O–H groups in total. The Balaban J connectivity index is 2.49. The largest absolute Gasteiger partial charge is 0.351 e. The maximum atomic E-state index is 12.1. The van der Waals surface area contributed by atoms with Crippen molar-refractivity contribution in [2.75, 3.05) is 13.1 Å². The molecule has 1 atom stereocenters. The van der Waals surface area contributed by atoms with Crippen molar-refractivity contribution in [2.45, 2.75) is 58.9 Å². The number of carbonyl (C=O) groups excluding carboxylic acids is 2. The summed E-state index contributed by atoms with van der Waals surface area (Å²) in [7, 11) is 0. The first kappa shape index (κ1) is 15.0. The fourth-order valence-corrected chi connectivity index (χ4v) is 2.04. The summed E-state index contributed by atoms with van der Waals surface area (Å²) in [6, 6.07) is 0. The van der Waals surface area contributed by atoms with E-state index < -0.39 is 0 Å². The van der Waals surface area contributed by atoms with E-state index in [-0.39, 0.29) is 23.3 Å². The molecule has 1 rings (SSSR count). The van der Waals surface area contributed by atoms with E-state index in [1.165, 1.54) is 0 Å². The Morgan fingerprint density at radius 1 is 1.44 bits per heavy atom. The van der Waals surface area contributed by atoms with Crippen LogP contribution in [0.25, 0.3) is 0 Å². The van der Waals surface area contributed by atoms with Crippen LogP contribution in [-0.2, 0) is 9.59 Å². The molecule has 0 saturated carbocycles. The molecule has 18 heavy (non-hydrogen) atoms. The van der Waals surface area contributed by atoms with Gasteiger partial charge in [0, 0.05) is 25.0 Å². The number of carbonyl (C=O) groups is 2. The molecule has 0 aliphatic carbocycles. The van der Waals surface area contributed by atoms with E-state index in [1.807, 2.05) is 25.7 Å². The van der Waals surface area contributed by atoms with Gasteiger partial charge in [-0.05, 0) is 26.7 Å². The van der Waals surface area contributed by atoms with Crippen molar-refractivity contribution < 1.29 is 9.59 Å². The summed E-state index contributed by atoms with van der Waals surface area (Å²) in [6.07, 6.45) is 3.35. The molecule has 4 heteroatoms. The smallest absolute Gasteiger partial charge is 0.225 e. The van der Waals surface area contributed by atoms with Gasteiger partial charge in [0.1, 0.15) is 0 Å². The zero-order valence-corrected chi connectivity index (χ0v) is 12.1. The lowest BCUT2D eigenvalue weighted by Gasteiger charge is -2.26. The molecule has 1 heterocycles. The summed E-state index contributed by atoms with van der Waals surface area (Å²) < 4.78 is 0. The summed E-state index contributed by atoms with van der Waals surface area (Å²) in [6.45, 7) is 9.55. The Labute approximate surface area is 110 Å². The molecule has 0 aromatic carbocycles. The normalized spacial score (nSPS) is 20.3. The zero-order valence-electron chi connectivity index (χ0n) is 12.1. The van der Waals surface area contributed by atoms with Gasteiger partial charge < -0.3 is 10.2 Å². The molecule has 4 nitrogen and oxygen atoms in total. The van der Waals surface area contributed by atoms with Crippen molar-refractivity contribution in [3.05, 3.63) is 0 Å². The maximum Gasteiger partial charge on any atom is 0.225 e. The molecule has 104 valence electrons. The molecule has 0 spiro atoms. The second-order valence-corrected chi connectivity index (χ2v) is 5.82. The highest BCUT2D eigenvalue weighted by Gasteiger charge is 2.35. The molecule has 0 aromatic heterocycles. The first-order valence-electron chi connectivity index (χ1n) is 6.99. The molecular formula is C14H26N2O2. The van der Waals surface area contributed by atoms with Crippen molar-refractivity contribution in [2.24, 2.45) is 5.92 Å². The lowest BCUT2D eigenvalue weighted by molar-refractivity contribution is -0.129. The molecule has 0 bridgehead atoms. The number of unbranched alkanes of at least 4 members (excludes halogenated alkanes) is 1. The first-order chi connectivity index (χ1) is 8.39. The van der Waals surface area contributed by atoms with Gasteiger partial charge >= 0.3 is 0 Å². The zero-order chi connectivity index (χ0) is 13.8. The van der Waals surface area contributed by atoms with Crippen molar-refractivity contribution in [3.8, 4) is 0 Å². The second kappa shape index (κ2) is 6.21. The minimum atomic E-state index is -0.184. The first-order valence-corrected chi connectivity index (χ1v) is 6.99. The van der Waals surface area contributed by atoms with Crippen LogP contribution >= 0.6 is 0 Å². The average Bonchev–Trinajstić information content (AvgIpc) is 2.68. The van der Waals surface area contributed by atoms with Crippen LogP contribution < -0.4 is 5.32 Å². The summed E-state index contributed by atoms with van der Waals surface area (Å²) in [5, 5.41) is 3.03. The van der Waals surface area contributed by atoms with Crippen LogP contribution in [0.3, 0.4) is 0 Å². The summed E-state index contributed by atoms with van der Waals surface area (Å²) in [5.74, 6) is -0.0210. The number of rotatable bonds is 6. The van der Waals surface area contributed by atoms with Crippen molar-refractivity contribution in [1.82, 2.24) is 10.2 Å². The monoisotopic (exact) mass is 254 g/mol. The summed E-state index contributed by atoms with van der Waals surface area (Å²) in [5.41, 5.74) is -0.184. The lowest BCUT2D eigenvalue weighted by Crippen LogP contribution is -2.46. The Hall–Kier alpha value is -1.06. The number of likely N-dealkylation sites (tertiary alicyclic amines) is 1. The fourth-order valence-electron chi connectivity index (χ4n) is 2.04. The van der Waals surface area contributed by atoms with E-state index in [0.717, 1.165) is 25.8 Å². The quantitative estimate of drug-likeness (QED) is 0.787. The number of hydrogen-bond acceptors (Lipinski definition) is 2. The van der Waals surface area contributed by atoms with Crippen LogP contribution in [0.5, 0.6) is 0 Å². The van der Waals surface area contributed by atoms with Crippen LogP contribution in [-0.4, -0.2) is 35.3 Å². The fraction of sp³-hybridized carbons (Fsp3) is 0.857. The molecule has 1 fully saturated rings. The third kappa shape index (κ3) is 4.00. The standard InChI is InChI=1S/C14H26N2O2/c1-5-7-8-16-10-11(9-12(16)17)13(18)15-14(3,4)6-2/h11H,5-10H2,1-4H3,(H,15,18)/t11-/m1/s1. The third-order valence-electron chi connectivity index (χ3n) is 3.71. The number of hydrogen-bond donors (Lipinski definition) is 1. The SMILES string of the molecule is CCCCN1C[C@H](C(=O)NC(C)(C)CC)CC1=O. The minimum Gasteiger partial charge on any atom is -0.351 e. The van der Waals surface area contributed by atoms with Gasteiger partial charge in [-0.15, -0.1) is 0 Å². The van der Waals surface area contributed by atoms with Crippen molar-refractivity contribution in [1.29, 1.82) is 0 Å². The highest BCUT2D eigenvalue weighted by Crippen LogP contribution is 2.20. The second-order valence-electron chi connectivity index (χ2n) is 5.82. The van der Waals surface area contributed by atoms with E-state index >= 15 is 0 Å². The van der Waals surface area contributed by atoms with Crippen LogP contribution in [0.15, 0.2) is 0 Å². The summed E-state index contributed by atoms with van der Waals surface area (Å²) in [4.78, 5) is 25.7. The summed E-state index contributed by atoms with van der Waals surface area (Å²) >= 11 is 0. The number of nitrogens with zero attached hydrogens (tertiary/aromatic N) is 1. The van der Waals surface area contributed by atoms with Gasteiger partial charge in [0.25, 0.3) is 0 Å². The van der Waals surface area contributed by atoms with Crippen LogP contribution in [0, 0.1) is 5.92 Å². The molecule has 0 aromatic rings. The van der Waals surface area contributed by atoms with Crippen LogP contribution in [0.1, 0.15) is 53.4 Å². The average molecular weight is 254 g/mol. The maximum absolute atomic E-state index is 12.1. The number of nitrogens with one attached hydrogen (secondary N) is 1. The van der Waals surface area contributed by atoms with Gasteiger partial charge in [0.15, 0.2) is 0 Å². The third-order valence-corrected chi connectivity index (χ3v) is 3.71. The van der Waals surface area contributed by atoms with E-state index in [0.29, 0.717) is 13.0 Å². The predicted octanol–water partition coefficient (Wildman–Crippen LogP) is 1.94. The topological polar surface area (TPSA) is 49.4 Å². The van der Waals surface area contributed by atoms with E-state index in [2.05, 4.69) is 12.2 Å². The molecular weight excluding hydrogens is 228 g/mol. The molecule has 1 saturated heterocycles. The van der Waals surface area contributed by atoms with E-state index in [1.54, 1.807) is 0 Å². The van der Waals surface area contributed by atoms with Gasteiger partial charge in [-0.3, -0.25) is 9.59 Å². The number of amides is 2. The highest BCUT2D eigenvalue weighted by atomic mass is 16.2. The Morgan fingerprint density at radius 2 is 2.11 bits per heavy atom. The van der Waals surface area contributed by atoms with Crippen LogP contribution in [0.2, 0.25) is 0 Å². The Morgan fingerprint density at radius 3 is 2.67 bits per heavy atom. The van der Waals surface area contributed by atoms with Gasteiger partial charge in [-0.2, -0.15) is 0 Å². The predicted molar refractivity (Wildman–Crippen MR) is 72.1 cm³/mol. The van der Waals surface area contributed by atoms with Crippen LogP contribution in [0.4, 0.5) is 0 Å². The highest BCUT2D eigenvalue weighted by molar-refractivity contribution is 5.89. The van der Waals surface area contributed by atoms with E-state index in [4.69, 9.17) is 0 Å². The molecule has 0 unspecified atom stereocenters. The Kier molecular flexibility index (Phi) is 5.17. The van der Waals surface area contributed by atoms with E-state index in [9.17, 15) is 9.59 Å². The molecule has 0 radical (unpaired) electrons. The van der Waals surface area contributed by atoms with Gasteiger partial charge in [-0.25, -0.2) is 0 Å². The van der Waals surface area contributed by atoms with Gasteiger partial charge in [0.2, 0.25) is 11.8 Å². The van der Waals surface area contributed by atoms with Gasteiger partial charge in [-0.1, -0.05) is 20.3 Å². The molecule has 1 aliphatic rings. The Bertz CT molecular complexity index is 313. The van der Waals surface area contributed by atoms with Gasteiger partial charge in [0.05, 0.1) is 5.92 Å².